The largest absolute Gasteiger partial charge is 0.356 e. The Balaban J connectivity index is 2.16. The lowest BCUT2D eigenvalue weighted by molar-refractivity contribution is 0.136. The Kier molecular flexibility index (Phi) is 19.4. The fraction of sp³-hybridized carbons (Fsp3) is 0.931. The summed E-state index contributed by atoms with van der Waals surface area (Å²) in [6.07, 6.45) is 35.1. The minimum Gasteiger partial charge on any atom is -0.356 e. The smallest absolute Gasteiger partial charge is 0.101 e. The van der Waals surface area contributed by atoms with Gasteiger partial charge in [0.1, 0.15) is 6.17 Å². The van der Waals surface area contributed by atoms with Gasteiger partial charge in [0.25, 0.3) is 0 Å². The molecule has 0 saturated heterocycles. The highest BCUT2D eigenvalue weighted by Crippen LogP contribution is 2.23. The van der Waals surface area contributed by atoms with Crippen molar-refractivity contribution in [3.63, 3.8) is 0 Å². The van der Waals surface area contributed by atoms with Crippen LogP contribution in [0.2, 0.25) is 0 Å². The van der Waals surface area contributed by atoms with Crippen LogP contribution in [0.5, 0.6) is 0 Å². The molecule has 1 heterocycles. The Morgan fingerprint density at radius 2 is 0.774 bits per heavy atom. The van der Waals surface area contributed by atoms with Crippen molar-refractivity contribution in [3.8, 4) is 0 Å². The van der Waals surface area contributed by atoms with Gasteiger partial charge in [-0.1, -0.05) is 130 Å². The second kappa shape index (κ2) is 21.2. The summed E-state index contributed by atoms with van der Waals surface area (Å²) in [4.78, 5) is 5.31. The molecule has 1 aliphatic rings. The molecular weight excluding hydrogens is 376 g/mol. The number of hydrogen-bond donors (Lipinski definition) is 0. The van der Waals surface area contributed by atoms with Crippen molar-refractivity contribution in [2.45, 2.75) is 162 Å². The molecule has 0 aromatic heterocycles. The molecule has 31 heavy (non-hydrogen) atoms. The van der Waals surface area contributed by atoms with E-state index in [2.05, 4.69) is 43.0 Å². The van der Waals surface area contributed by atoms with Crippen LogP contribution in [0.4, 0.5) is 0 Å². The zero-order chi connectivity index (χ0) is 22.4. The third-order valence-corrected chi connectivity index (χ3v) is 7.07. The van der Waals surface area contributed by atoms with Gasteiger partial charge in [0.05, 0.1) is 0 Å². The lowest BCUT2D eigenvalue weighted by atomic mass is 10.1. The topological polar surface area (TPSA) is 6.48 Å². The van der Waals surface area contributed by atoms with Crippen LogP contribution in [0.15, 0.2) is 12.4 Å². The molecule has 0 aliphatic carbocycles. The molecule has 0 aromatic rings. The van der Waals surface area contributed by atoms with Gasteiger partial charge in [-0.2, -0.15) is 0 Å². The van der Waals surface area contributed by atoms with Crippen molar-refractivity contribution >= 4 is 0 Å². The minimum atomic E-state index is 0.644. The third kappa shape index (κ3) is 14.9. The number of nitrogens with zero attached hydrogens (tertiary/aromatic N) is 2. The minimum absolute atomic E-state index is 0.644. The number of unbranched alkanes of at least 4 members (excludes halogenated alkanes) is 17. The predicted molar refractivity (Wildman–Crippen MR) is 140 cm³/mol. The van der Waals surface area contributed by atoms with Crippen LogP contribution >= 0.6 is 0 Å². The average molecular weight is 435 g/mol. The highest BCUT2D eigenvalue weighted by atomic mass is 15.4. The summed E-state index contributed by atoms with van der Waals surface area (Å²) >= 11 is 0. The maximum absolute atomic E-state index is 2.67. The van der Waals surface area contributed by atoms with E-state index in [1.165, 1.54) is 148 Å². The SMILES string of the molecule is CCCCCCCCCCCCN1C=CN(CCCC)C1CCCCCCCCCC. The van der Waals surface area contributed by atoms with Gasteiger partial charge in [0.15, 0.2) is 0 Å². The van der Waals surface area contributed by atoms with Crippen molar-refractivity contribution in [1.29, 1.82) is 0 Å². The Bertz CT molecular complexity index is 392. The van der Waals surface area contributed by atoms with E-state index in [1.807, 2.05) is 0 Å². The molecule has 1 rings (SSSR count). The number of hydrogen-bond acceptors (Lipinski definition) is 2. The summed E-state index contributed by atoms with van der Waals surface area (Å²) < 4.78 is 0. The summed E-state index contributed by atoms with van der Waals surface area (Å²) in [5.41, 5.74) is 0. The van der Waals surface area contributed by atoms with E-state index in [1.54, 1.807) is 0 Å². The fourth-order valence-electron chi connectivity index (χ4n) is 4.92. The lowest BCUT2D eigenvalue weighted by Gasteiger charge is -2.33. The first-order valence-electron chi connectivity index (χ1n) is 14.5. The van der Waals surface area contributed by atoms with E-state index in [0.29, 0.717) is 6.17 Å². The van der Waals surface area contributed by atoms with E-state index in [9.17, 15) is 0 Å². The van der Waals surface area contributed by atoms with E-state index in [4.69, 9.17) is 0 Å². The highest BCUT2D eigenvalue weighted by molar-refractivity contribution is 4.96. The van der Waals surface area contributed by atoms with E-state index >= 15 is 0 Å². The van der Waals surface area contributed by atoms with Crippen molar-refractivity contribution < 1.29 is 0 Å². The van der Waals surface area contributed by atoms with Gasteiger partial charge in [0, 0.05) is 25.5 Å². The molecule has 0 fully saturated rings. The fourth-order valence-corrected chi connectivity index (χ4v) is 4.92. The molecule has 0 spiro atoms. The first-order chi connectivity index (χ1) is 15.3. The molecule has 0 radical (unpaired) electrons. The maximum Gasteiger partial charge on any atom is 0.101 e. The number of rotatable bonds is 23. The standard InChI is InChI=1S/C29H58N2/c1-4-7-10-12-14-16-17-19-21-23-26-31-28-27-30(25-9-6-3)29(31)24-22-20-18-15-13-11-8-5-2/h27-29H,4-26H2,1-3H3. The summed E-state index contributed by atoms with van der Waals surface area (Å²) in [5.74, 6) is 0. The maximum atomic E-state index is 2.67. The molecule has 2 nitrogen and oxygen atoms in total. The second-order valence-corrected chi connectivity index (χ2v) is 10.1. The second-order valence-electron chi connectivity index (χ2n) is 10.1. The Morgan fingerprint density at radius 1 is 0.419 bits per heavy atom. The van der Waals surface area contributed by atoms with Crippen molar-refractivity contribution in [3.05, 3.63) is 12.4 Å². The lowest BCUT2D eigenvalue weighted by Crippen LogP contribution is -2.39. The van der Waals surface area contributed by atoms with Gasteiger partial charge < -0.3 is 9.80 Å². The first-order valence-corrected chi connectivity index (χ1v) is 14.5. The van der Waals surface area contributed by atoms with E-state index < -0.39 is 0 Å². The van der Waals surface area contributed by atoms with Crippen LogP contribution in [0.1, 0.15) is 156 Å². The van der Waals surface area contributed by atoms with Crippen LogP contribution in [-0.2, 0) is 0 Å². The summed E-state index contributed by atoms with van der Waals surface area (Å²) in [6, 6.07) is 0. The molecule has 0 aromatic carbocycles. The van der Waals surface area contributed by atoms with Crippen LogP contribution < -0.4 is 0 Å². The van der Waals surface area contributed by atoms with Gasteiger partial charge in [-0.05, 0) is 25.7 Å². The monoisotopic (exact) mass is 434 g/mol. The molecular formula is C29H58N2. The highest BCUT2D eigenvalue weighted by Gasteiger charge is 2.24. The average Bonchev–Trinajstić information content (AvgIpc) is 3.16. The summed E-state index contributed by atoms with van der Waals surface area (Å²) in [6.45, 7) is 9.43. The van der Waals surface area contributed by atoms with Crippen LogP contribution in [0.25, 0.3) is 0 Å². The molecule has 1 atom stereocenters. The first kappa shape index (κ1) is 28.4. The molecule has 1 unspecified atom stereocenters. The van der Waals surface area contributed by atoms with Crippen LogP contribution in [0, 0.1) is 0 Å². The third-order valence-electron chi connectivity index (χ3n) is 7.07. The van der Waals surface area contributed by atoms with Crippen molar-refractivity contribution in [2.24, 2.45) is 0 Å². The van der Waals surface area contributed by atoms with Gasteiger partial charge in [-0.25, -0.2) is 0 Å². The van der Waals surface area contributed by atoms with Gasteiger partial charge in [-0.3, -0.25) is 0 Å². The van der Waals surface area contributed by atoms with E-state index in [0.717, 1.165) is 0 Å². The Labute approximate surface area is 197 Å². The van der Waals surface area contributed by atoms with Crippen molar-refractivity contribution in [2.75, 3.05) is 13.1 Å². The summed E-state index contributed by atoms with van der Waals surface area (Å²) in [7, 11) is 0. The Morgan fingerprint density at radius 3 is 1.23 bits per heavy atom. The normalized spacial score (nSPS) is 16.0. The Hall–Kier alpha value is -0.660. The molecule has 0 bridgehead atoms. The zero-order valence-corrected chi connectivity index (χ0v) is 21.9. The summed E-state index contributed by atoms with van der Waals surface area (Å²) in [5, 5.41) is 0. The predicted octanol–water partition coefficient (Wildman–Crippen LogP) is 9.65. The molecule has 0 saturated carbocycles. The molecule has 0 N–H and O–H groups in total. The van der Waals surface area contributed by atoms with Gasteiger partial charge >= 0.3 is 0 Å². The molecule has 184 valence electrons. The zero-order valence-electron chi connectivity index (χ0n) is 21.9. The van der Waals surface area contributed by atoms with Crippen LogP contribution in [0.3, 0.4) is 0 Å². The van der Waals surface area contributed by atoms with Gasteiger partial charge in [-0.15, -0.1) is 0 Å². The van der Waals surface area contributed by atoms with Gasteiger partial charge in [0.2, 0.25) is 0 Å². The molecule has 2 heteroatoms. The van der Waals surface area contributed by atoms with E-state index in [-0.39, 0.29) is 0 Å². The molecule has 1 aliphatic heterocycles. The molecule has 0 amide bonds. The van der Waals surface area contributed by atoms with Crippen molar-refractivity contribution in [1.82, 2.24) is 9.80 Å². The quantitative estimate of drug-likeness (QED) is 0.148. The van der Waals surface area contributed by atoms with Crippen LogP contribution in [-0.4, -0.2) is 29.1 Å².